The molecule has 0 aliphatic carbocycles. The van der Waals surface area contributed by atoms with E-state index in [0.29, 0.717) is 17.4 Å². The number of hydrogen-bond donors (Lipinski definition) is 0. The van der Waals surface area contributed by atoms with Crippen LogP contribution in [0.4, 0.5) is 5.82 Å². The maximum absolute atomic E-state index is 12.8. The van der Waals surface area contributed by atoms with Gasteiger partial charge in [0.25, 0.3) is 5.91 Å². The van der Waals surface area contributed by atoms with Crippen LogP contribution in [0.25, 0.3) is 21.3 Å². The van der Waals surface area contributed by atoms with Gasteiger partial charge in [-0.05, 0) is 23.8 Å². The van der Waals surface area contributed by atoms with Crippen LogP contribution in [0, 0.1) is 11.8 Å². The molecule has 33 heavy (non-hydrogen) atoms. The van der Waals surface area contributed by atoms with Crippen molar-refractivity contribution in [1.82, 2.24) is 29.4 Å². The van der Waals surface area contributed by atoms with Gasteiger partial charge in [0.2, 0.25) is 0 Å². The second-order valence-electron chi connectivity index (χ2n) is 8.95. The number of thiazole rings is 1. The number of hydrogen-bond acceptors (Lipinski definition) is 7. The van der Waals surface area contributed by atoms with Crippen LogP contribution in [0.15, 0.2) is 47.7 Å². The third-order valence-corrected chi connectivity index (χ3v) is 7.81. The van der Waals surface area contributed by atoms with Crippen LogP contribution in [0.3, 0.4) is 0 Å². The summed E-state index contributed by atoms with van der Waals surface area (Å²) >= 11 is 1.25. The second kappa shape index (κ2) is 7.51. The van der Waals surface area contributed by atoms with Gasteiger partial charge >= 0.3 is 4.87 Å². The van der Waals surface area contributed by atoms with Crippen molar-refractivity contribution in [1.29, 1.82) is 0 Å². The Balaban J connectivity index is 1.19. The number of amides is 1. The van der Waals surface area contributed by atoms with Crippen LogP contribution >= 0.6 is 11.3 Å². The molecule has 0 N–H and O–H groups in total. The predicted molar refractivity (Wildman–Crippen MR) is 126 cm³/mol. The zero-order valence-electron chi connectivity index (χ0n) is 18.4. The molecule has 4 aromatic rings. The Morgan fingerprint density at radius 3 is 2.55 bits per heavy atom. The van der Waals surface area contributed by atoms with E-state index in [-0.39, 0.29) is 10.8 Å². The Hall–Kier alpha value is -3.53. The number of aromatic nitrogens is 5. The fourth-order valence-corrected chi connectivity index (χ4v) is 5.96. The molecule has 0 saturated carbocycles. The van der Waals surface area contributed by atoms with Gasteiger partial charge in [-0.15, -0.1) is 5.10 Å². The first kappa shape index (κ1) is 20.1. The van der Waals surface area contributed by atoms with Gasteiger partial charge in [-0.1, -0.05) is 17.4 Å². The lowest BCUT2D eigenvalue weighted by atomic mass is 10.0. The van der Waals surface area contributed by atoms with Crippen LogP contribution in [0.2, 0.25) is 0 Å². The van der Waals surface area contributed by atoms with Crippen LogP contribution in [-0.2, 0) is 14.1 Å². The summed E-state index contributed by atoms with van der Waals surface area (Å²) in [6, 6.07) is 8.12. The molecule has 0 bridgehead atoms. The second-order valence-corrected chi connectivity index (χ2v) is 9.94. The lowest BCUT2D eigenvalue weighted by molar-refractivity contribution is 0.0782. The SMILES string of the molecule is Cn1cc(C(=O)N2C[C@H]3CN(c4cc(-c5ccc6c(c5)sc(=O)n6C)cnn4)C[C@@H]3C2)cn1. The lowest BCUT2D eigenvalue weighted by Gasteiger charge is -2.22. The maximum Gasteiger partial charge on any atom is 0.307 e. The summed E-state index contributed by atoms with van der Waals surface area (Å²) in [6.07, 6.45) is 5.17. The minimum atomic E-state index is 0.0374. The van der Waals surface area contributed by atoms with Crippen LogP contribution in [-0.4, -0.2) is 61.5 Å². The third kappa shape index (κ3) is 3.41. The summed E-state index contributed by atoms with van der Waals surface area (Å²) in [4.78, 5) is 29.0. The average Bonchev–Trinajstić information content (AvgIpc) is 3.57. The molecule has 9 nitrogen and oxygen atoms in total. The molecule has 2 aliphatic rings. The average molecular weight is 462 g/mol. The number of fused-ring (bicyclic) bond motifs is 2. The van der Waals surface area contributed by atoms with E-state index < -0.39 is 0 Å². The number of likely N-dealkylation sites (tertiary alicyclic amines) is 1. The van der Waals surface area contributed by atoms with Gasteiger partial charge in [-0.25, -0.2) is 0 Å². The predicted octanol–water partition coefficient (Wildman–Crippen LogP) is 2.00. The normalized spacial score (nSPS) is 20.1. The first-order valence-corrected chi connectivity index (χ1v) is 11.7. The van der Waals surface area contributed by atoms with E-state index in [4.69, 9.17) is 0 Å². The van der Waals surface area contributed by atoms with Crippen molar-refractivity contribution in [3.05, 3.63) is 58.1 Å². The first-order chi connectivity index (χ1) is 16.0. The van der Waals surface area contributed by atoms with Gasteiger partial charge in [-0.3, -0.25) is 14.3 Å². The van der Waals surface area contributed by atoms with Crippen LogP contribution in [0.5, 0.6) is 0 Å². The zero-order chi connectivity index (χ0) is 22.7. The van der Waals surface area contributed by atoms with Crippen molar-refractivity contribution in [3.8, 4) is 11.1 Å². The lowest BCUT2D eigenvalue weighted by Crippen LogP contribution is -2.33. The number of carbonyl (C=O) groups excluding carboxylic acids is 1. The topological polar surface area (TPSA) is 89.2 Å². The Labute approximate surface area is 193 Å². The van der Waals surface area contributed by atoms with Gasteiger partial charge < -0.3 is 14.4 Å². The summed E-state index contributed by atoms with van der Waals surface area (Å²) < 4.78 is 4.30. The van der Waals surface area contributed by atoms with E-state index in [0.717, 1.165) is 53.3 Å². The van der Waals surface area contributed by atoms with Gasteiger partial charge in [0.1, 0.15) is 0 Å². The Morgan fingerprint density at radius 1 is 1.03 bits per heavy atom. The highest BCUT2D eigenvalue weighted by atomic mass is 32.1. The Morgan fingerprint density at radius 2 is 1.82 bits per heavy atom. The Bertz CT molecular complexity index is 1420. The fraction of sp³-hybridized carbons (Fsp3) is 0.348. The molecule has 168 valence electrons. The van der Waals surface area contributed by atoms with Gasteiger partial charge in [0, 0.05) is 63.9 Å². The van der Waals surface area contributed by atoms with E-state index in [1.54, 1.807) is 34.9 Å². The standard InChI is InChI=1S/C23H23N7O2S/c1-27-9-16(8-25-27)22(31)30-12-17-10-29(11-18(17)13-30)21-6-15(7-24-26-21)14-3-4-19-20(5-14)33-23(32)28(19)2/h3-9,17-18H,10-13H2,1-2H3/t17-,18-/m1/s1. The Kier molecular flexibility index (Phi) is 4.58. The van der Waals surface area contributed by atoms with Gasteiger partial charge in [-0.2, -0.15) is 10.2 Å². The monoisotopic (exact) mass is 461 g/mol. The zero-order valence-corrected chi connectivity index (χ0v) is 19.2. The molecule has 0 spiro atoms. The van der Waals surface area contributed by atoms with E-state index >= 15 is 0 Å². The highest BCUT2D eigenvalue weighted by Crippen LogP contribution is 2.35. The fourth-order valence-electron chi connectivity index (χ4n) is 5.04. The quantitative estimate of drug-likeness (QED) is 0.464. The summed E-state index contributed by atoms with van der Waals surface area (Å²) in [5.41, 5.74) is 3.59. The molecule has 2 atom stereocenters. The van der Waals surface area contributed by atoms with Crippen LogP contribution in [0.1, 0.15) is 10.4 Å². The number of rotatable bonds is 3. The largest absolute Gasteiger partial charge is 0.354 e. The number of carbonyl (C=O) groups is 1. The molecule has 0 radical (unpaired) electrons. The number of aryl methyl sites for hydroxylation is 2. The molecule has 3 aromatic heterocycles. The molecule has 6 rings (SSSR count). The molecule has 1 aromatic carbocycles. The third-order valence-electron chi connectivity index (χ3n) is 6.82. The molecule has 2 aliphatic heterocycles. The van der Waals surface area contributed by atoms with E-state index in [9.17, 15) is 9.59 Å². The van der Waals surface area contributed by atoms with Crippen molar-refractivity contribution in [2.45, 2.75) is 0 Å². The highest BCUT2D eigenvalue weighted by Gasteiger charge is 2.42. The maximum atomic E-state index is 12.8. The van der Waals surface area contributed by atoms with Gasteiger partial charge in [0.05, 0.1) is 28.2 Å². The highest BCUT2D eigenvalue weighted by molar-refractivity contribution is 7.16. The van der Waals surface area contributed by atoms with E-state index in [2.05, 4.69) is 26.3 Å². The summed E-state index contributed by atoms with van der Waals surface area (Å²) in [5.74, 6) is 1.76. The molecular formula is C23H23N7O2S. The minimum absolute atomic E-state index is 0.0374. The molecule has 10 heteroatoms. The molecular weight excluding hydrogens is 438 g/mol. The van der Waals surface area contributed by atoms with Crippen molar-refractivity contribution >= 4 is 33.3 Å². The van der Waals surface area contributed by atoms with Crippen molar-refractivity contribution in [3.63, 3.8) is 0 Å². The molecule has 5 heterocycles. The van der Waals surface area contributed by atoms with E-state index in [1.807, 2.05) is 30.1 Å². The van der Waals surface area contributed by atoms with Crippen LogP contribution < -0.4 is 9.77 Å². The summed E-state index contributed by atoms with van der Waals surface area (Å²) in [5, 5.41) is 12.8. The van der Waals surface area contributed by atoms with E-state index in [1.165, 1.54) is 11.3 Å². The number of anilines is 1. The van der Waals surface area contributed by atoms with Crippen molar-refractivity contribution in [2.24, 2.45) is 25.9 Å². The number of benzene rings is 1. The molecule has 0 unspecified atom stereocenters. The van der Waals surface area contributed by atoms with Crippen molar-refractivity contribution < 1.29 is 4.79 Å². The summed E-state index contributed by atoms with van der Waals surface area (Å²) in [6.45, 7) is 3.23. The molecule has 1 amide bonds. The molecule has 2 fully saturated rings. The summed E-state index contributed by atoms with van der Waals surface area (Å²) in [7, 11) is 3.62. The van der Waals surface area contributed by atoms with Crippen molar-refractivity contribution in [2.75, 3.05) is 31.1 Å². The van der Waals surface area contributed by atoms with Gasteiger partial charge in [0.15, 0.2) is 5.82 Å². The molecule has 2 saturated heterocycles. The number of nitrogens with zero attached hydrogens (tertiary/aromatic N) is 7. The first-order valence-electron chi connectivity index (χ1n) is 10.9. The smallest absolute Gasteiger partial charge is 0.307 e. The minimum Gasteiger partial charge on any atom is -0.354 e.